The zero-order valence-electron chi connectivity index (χ0n) is 16.9. The Morgan fingerprint density at radius 2 is 1.70 bits per heavy atom. The maximum Gasteiger partial charge on any atom is 0.256 e. The quantitative estimate of drug-likeness (QED) is 0.853. The molecule has 0 atom stereocenters. The summed E-state index contributed by atoms with van der Waals surface area (Å²) < 4.78 is 26.9. The summed E-state index contributed by atoms with van der Waals surface area (Å²) in [7, 11) is 0. The van der Waals surface area contributed by atoms with Gasteiger partial charge in [-0.1, -0.05) is 20.8 Å². The van der Waals surface area contributed by atoms with Gasteiger partial charge in [-0.15, -0.1) is 0 Å². The van der Waals surface area contributed by atoms with Crippen molar-refractivity contribution in [3.63, 3.8) is 0 Å². The van der Waals surface area contributed by atoms with E-state index in [-0.39, 0.29) is 28.3 Å². The first kappa shape index (κ1) is 21.3. The van der Waals surface area contributed by atoms with Gasteiger partial charge in [0.2, 0.25) is 5.91 Å². The molecule has 2 amide bonds. The van der Waals surface area contributed by atoms with Crippen molar-refractivity contribution in [2.75, 3.05) is 13.1 Å². The van der Waals surface area contributed by atoms with E-state index in [1.807, 2.05) is 13.8 Å². The van der Waals surface area contributed by atoms with Crippen LogP contribution in [0.25, 0.3) is 0 Å². The lowest BCUT2D eigenvalue weighted by Gasteiger charge is -2.36. The molecule has 1 saturated heterocycles. The normalized spacial score (nSPS) is 16.3. The lowest BCUT2D eigenvalue weighted by Crippen LogP contribution is -2.50. The fraction of sp³-hybridized carbons (Fsp3) is 0.619. The zero-order chi connectivity index (χ0) is 20.4. The first-order chi connectivity index (χ1) is 12.4. The predicted octanol–water partition coefficient (Wildman–Crippen LogP) is 4.15. The van der Waals surface area contributed by atoms with E-state index in [2.05, 4.69) is 26.1 Å². The van der Waals surface area contributed by atoms with Crippen molar-refractivity contribution in [1.29, 1.82) is 0 Å². The average Bonchev–Trinajstić information content (AvgIpc) is 2.51. The van der Waals surface area contributed by atoms with E-state index < -0.39 is 17.5 Å². The molecule has 0 radical (unpaired) electrons. The van der Waals surface area contributed by atoms with Crippen LogP contribution in [0.5, 0.6) is 0 Å². The van der Waals surface area contributed by atoms with Crippen LogP contribution in [0, 0.1) is 23.0 Å². The van der Waals surface area contributed by atoms with Gasteiger partial charge in [-0.3, -0.25) is 9.59 Å². The Hall–Kier alpha value is -1.98. The summed E-state index contributed by atoms with van der Waals surface area (Å²) in [5.74, 6) is -2.18. The number of rotatable bonds is 4. The van der Waals surface area contributed by atoms with Gasteiger partial charge in [-0.25, -0.2) is 8.78 Å². The fourth-order valence-electron chi connectivity index (χ4n) is 3.98. The number of nitrogens with one attached hydrogen (secondary N) is 1. The van der Waals surface area contributed by atoms with E-state index in [1.165, 1.54) is 11.0 Å². The molecule has 27 heavy (non-hydrogen) atoms. The van der Waals surface area contributed by atoms with Crippen molar-refractivity contribution in [3.05, 3.63) is 35.4 Å². The number of carbonyl (C=O) groups excluding carboxylic acids is 2. The van der Waals surface area contributed by atoms with Crippen molar-refractivity contribution in [2.45, 2.75) is 59.4 Å². The van der Waals surface area contributed by atoms with Gasteiger partial charge in [0.05, 0.1) is 5.56 Å². The number of likely N-dealkylation sites (tertiary alicyclic amines) is 1. The summed E-state index contributed by atoms with van der Waals surface area (Å²) in [5, 5.41) is 3.13. The second kappa shape index (κ2) is 7.95. The molecule has 150 valence electrons. The maximum atomic E-state index is 13.8. The van der Waals surface area contributed by atoms with Crippen LogP contribution < -0.4 is 5.32 Å². The smallest absolute Gasteiger partial charge is 0.256 e. The topological polar surface area (TPSA) is 49.4 Å². The van der Waals surface area contributed by atoms with Crippen molar-refractivity contribution in [2.24, 2.45) is 11.3 Å². The van der Waals surface area contributed by atoms with Crippen LogP contribution in [0.2, 0.25) is 0 Å². The number of benzene rings is 1. The van der Waals surface area contributed by atoms with Crippen LogP contribution in [0.3, 0.4) is 0 Å². The molecule has 0 aromatic heterocycles. The summed E-state index contributed by atoms with van der Waals surface area (Å²) in [6.45, 7) is 11.2. The van der Waals surface area contributed by atoms with Crippen LogP contribution in [0.1, 0.15) is 64.2 Å². The van der Waals surface area contributed by atoms with Crippen LogP contribution in [0.4, 0.5) is 8.78 Å². The highest BCUT2D eigenvalue weighted by Crippen LogP contribution is 2.28. The van der Waals surface area contributed by atoms with Gasteiger partial charge in [-0.05, 0) is 50.7 Å². The second-order valence-electron chi connectivity index (χ2n) is 9.30. The maximum absolute atomic E-state index is 13.8. The van der Waals surface area contributed by atoms with E-state index in [0.717, 1.165) is 12.5 Å². The molecular formula is C21H30F2N2O2. The summed E-state index contributed by atoms with van der Waals surface area (Å²) in [4.78, 5) is 26.6. The average molecular weight is 380 g/mol. The molecule has 0 bridgehead atoms. The molecule has 0 spiro atoms. The Bertz CT molecular complexity index is 703. The molecule has 0 aliphatic carbocycles. The lowest BCUT2D eigenvalue weighted by atomic mass is 9.81. The molecule has 1 aliphatic heterocycles. The van der Waals surface area contributed by atoms with E-state index in [4.69, 9.17) is 0 Å². The Kier molecular flexibility index (Phi) is 6.28. The van der Waals surface area contributed by atoms with Gasteiger partial charge in [0.15, 0.2) is 0 Å². The molecule has 1 aliphatic rings. The molecule has 6 heteroatoms. The predicted molar refractivity (Wildman–Crippen MR) is 101 cm³/mol. The Labute approximate surface area is 160 Å². The lowest BCUT2D eigenvalue weighted by molar-refractivity contribution is -0.128. The monoisotopic (exact) mass is 380 g/mol. The molecule has 1 N–H and O–H groups in total. The summed E-state index contributed by atoms with van der Waals surface area (Å²) >= 11 is 0. The number of amides is 2. The van der Waals surface area contributed by atoms with E-state index in [1.54, 1.807) is 0 Å². The van der Waals surface area contributed by atoms with Gasteiger partial charge in [0.25, 0.3) is 5.91 Å². The van der Waals surface area contributed by atoms with Gasteiger partial charge < -0.3 is 10.2 Å². The minimum absolute atomic E-state index is 0.00399. The standard InChI is InChI=1S/C21H30F2N2O2/c1-20(2,3)13-21(4,5)24-18(26)14-8-10-25(11-9-14)19(27)16-7-6-15(22)12-17(16)23/h6-7,12,14H,8-11,13H2,1-5H3,(H,24,26). The minimum Gasteiger partial charge on any atom is -0.351 e. The highest BCUT2D eigenvalue weighted by Gasteiger charge is 2.33. The molecule has 1 fully saturated rings. The van der Waals surface area contributed by atoms with Crippen molar-refractivity contribution < 1.29 is 18.4 Å². The molecule has 4 nitrogen and oxygen atoms in total. The van der Waals surface area contributed by atoms with Gasteiger partial charge in [0, 0.05) is 30.6 Å². The van der Waals surface area contributed by atoms with Gasteiger partial charge >= 0.3 is 0 Å². The molecular weight excluding hydrogens is 350 g/mol. The summed E-state index contributed by atoms with van der Waals surface area (Å²) in [6, 6.07) is 2.96. The molecule has 0 saturated carbocycles. The Morgan fingerprint density at radius 3 is 2.22 bits per heavy atom. The molecule has 1 aromatic carbocycles. The first-order valence-corrected chi connectivity index (χ1v) is 9.44. The first-order valence-electron chi connectivity index (χ1n) is 9.44. The van der Waals surface area contributed by atoms with E-state index in [0.29, 0.717) is 32.0 Å². The number of nitrogens with zero attached hydrogens (tertiary/aromatic N) is 1. The van der Waals surface area contributed by atoms with Crippen molar-refractivity contribution in [1.82, 2.24) is 10.2 Å². The number of hydrogen-bond acceptors (Lipinski definition) is 2. The Balaban J connectivity index is 1.92. The molecule has 0 unspecified atom stereocenters. The number of carbonyl (C=O) groups is 2. The molecule has 2 rings (SSSR count). The molecule has 1 aromatic rings. The third-order valence-electron chi connectivity index (χ3n) is 4.75. The number of piperidine rings is 1. The number of halogens is 2. The van der Waals surface area contributed by atoms with Crippen LogP contribution in [-0.2, 0) is 4.79 Å². The zero-order valence-corrected chi connectivity index (χ0v) is 16.9. The number of hydrogen-bond donors (Lipinski definition) is 1. The third-order valence-corrected chi connectivity index (χ3v) is 4.75. The summed E-state index contributed by atoms with van der Waals surface area (Å²) in [5.41, 5.74) is -0.337. The van der Waals surface area contributed by atoms with Crippen molar-refractivity contribution >= 4 is 11.8 Å². The molecule has 1 heterocycles. The summed E-state index contributed by atoms with van der Waals surface area (Å²) in [6.07, 6.45) is 1.92. The largest absolute Gasteiger partial charge is 0.351 e. The van der Waals surface area contributed by atoms with E-state index >= 15 is 0 Å². The van der Waals surface area contributed by atoms with Crippen molar-refractivity contribution in [3.8, 4) is 0 Å². The Morgan fingerprint density at radius 1 is 1.11 bits per heavy atom. The van der Waals surface area contributed by atoms with E-state index in [9.17, 15) is 18.4 Å². The van der Waals surface area contributed by atoms with Gasteiger partial charge in [-0.2, -0.15) is 0 Å². The highest BCUT2D eigenvalue weighted by molar-refractivity contribution is 5.94. The third kappa shape index (κ3) is 6.01. The minimum atomic E-state index is -0.858. The van der Waals surface area contributed by atoms with Crippen LogP contribution in [0.15, 0.2) is 18.2 Å². The second-order valence-corrected chi connectivity index (χ2v) is 9.30. The fourth-order valence-corrected chi connectivity index (χ4v) is 3.98. The van der Waals surface area contributed by atoms with Crippen LogP contribution in [-0.4, -0.2) is 35.3 Å². The highest BCUT2D eigenvalue weighted by atomic mass is 19.1. The van der Waals surface area contributed by atoms with Gasteiger partial charge in [0.1, 0.15) is 11.6 Å². The van der Waals surface area contributed by atoms with Crippen LogP contribution >= 0.6 is 0 Å². The SMILES string of the molecule is CC(C)(C)CC(C)(C)NC(=O)C1CCN(C(=O)c2ccc(F)cc2F)CC1.